The summed E-state index contributed by atoms with van der Waals surface area (Å²) in [5.74, 6) is -1.97. The lowest BCUT2D eigenvalue weighted by atomic mass is 9.78. The molecule has 1 heterocycles. The van der Waals surface area contributed by atoms with E-state index in [1.54, 1.807) is 42.5 Å². The molecule has 0 bridgehead atoms. The molecule has 3 aromatic rings. The number of methoxy groups -OCH3 is 1. The number of aryl methyl sites for hydroxylation is 1. The molecule has 0 fully saturated rings. The van der Waals surface area contributed by atoms with Crippen LogP contribution in [-0.2, 0) is 9.59 Å². The Kier molecular flexibility index (Phi) is 6.27. The van der Waals surface area contributed by atoms with Crippen LogP contribution in [0.3, 0.4) is 0 Å². The first kappa shape index (κ1) is 24.6. The molecule has 2 aliphatic rings. The third-order valence-electron chi connectivity index (χ3n) is 6.93. The number of Topliss-reactive ketones (excluding diaryl/α,β-unsaturated/α-hetero) is 1. The van der Waals surface area contributed by atoms with Crippen LogP contribution in [0, 0.1) is 6.92 Å². The fourth-order valence-electron chi connectivity index (χ4n) is 5.13. The summed E-state index contributed by atoms with van der Waals surface area (Å²) in [7, 11) is 1.48. The second kappa shape index (κ2) is 9.42. The van der Waals surface area contributed by atoms with E-state index in [1.807, 2.05) is 31.2 Å². The maximum absolute atomic E-state index is 14.0. The van der Waals surface area contributed by atoms with Gasteiger partial charge in [-0.2, -0.15) is 13.2 Å². The number of ketones is 1. The molecule has 5 rings (SSSR count). The molecule has 190 valence electrons. The van der Waals surface area contributed by atoms with Crippen molar-refractivity contribution in [1.29, 1.82) is 0 Å². The van der Waals surface area contributed by atoms with Crippen LogP contribution in [-0.4, -0.2) is 25.0 Å². The predicted molar refractivity (Wildman–Crippen MR) is 135 cm³/mol. The number of hydrogen-bond donors (Lipinski definition) is 1. The molecule has 0 radical (unpaired) electrons. The fourth-order valence-corrected chi connectivity index (χ4v) is 5.13. The van der Waals surface area contributed by atoms with E-state index in [9.17, 15) is 22.8 Å². The number of anilines is 2. The van der Waals surface area contributed by atoms with Gasteiger partial charge in [-0.1, -0.05) is 54.1 Å². The Morgan fingerprint density at radius 1 is 0.946 bits per heavy atom. The van der Waals surface area contributed by atoms with Gasteiger partial charge in [-0.15, -0.1) is 0 Å². The Morgan fingerprint density at radius 2 is 1.59 bits per heavy atom. The standard InChI is InChI=1S/C29H25F3N2O3/c1-17-7-9-18(10-8-17)20-15-23-26(25(35)16-20)27(19-11-13-21(37-2)14-12-19)34(28(36)29(30,31)32)24-6-4-3-5-22(24)33-23/h3-14,20,27,33H,15-16H2,1-2H3/t20-,27+/m0/s1. The van der Waals surface area contributed by atoms with E-state index >= 15 is 0 Å². The van der Waals surface area contributed by atoms with E-state index in [4.69, 9.17) is 4.74 Å². The summed E-state index contributed by atoms with van der Waals surface area (Å²) in [5.41, 5.74) is 3.53. The van der Waals surface area contributed by atoms with Crippen LogP contribution in [0.4, 0.5) is 24.5 Å². The van der Waals surface area contributed by atoms with Crippen LogP contribution in [0.5, 0.6) is 5.75 Å². The zero-order valence-electron chi connectivity index (χ0n) is 20.3. The number of alkyl halides is 3. The van der Waals surface area contributed by atoms with Gasteiger partial charge >= 0.3 is 12.1 Å². The van der Waals surface area contributed by atoms with Crippen molar-refractivity contribution in [1.82, 2.24) is 0 Å². The first-order valence-corrected chi connectivity index (χ1v) is 11.9. The average Bonchev–Trinajstić information content (AvgIpc) is 3.02. The molecule has 1 N–H and O–H groups in total. The Morgan fingerprint density at radius 3 is 2.24 bits per heavy atom. The van der Waals surface area contributed by atoms with Gasteiger partial charge in [-0.3, -0.25) is 14.5 Å². The van der Waals surface area contributed by atoms with Gasteiger partial charge in [-0.05, 0) is 54.7 Å². The van der Waals surface area contributed by atoms with Crippen molar-refractivity contribution in [3.63, 3.8) is 0 Å². The van der Waals surface area contributed by atoms with Gasteiger partial charge in [0.05, 0.1) is 24.5 Å². The number of allylic oxidation sites excluding steroid dienone is 1. The quantitative estimate of drug-likeness (QED) is 0.443. The number of nitrogens with one attached hydrogen (secondary N) is 1. The van der Waals surface area contributed by atoms with Gasteiger partial charge in [-0.25, -0.2) is 0 Å². The lowest BCUT2D eigenvalue weighted by Crippen LogP contribution is -2.45. The minimum atomic E-state index is -5.15. The number of para-hydroxylation sites is 2. The highest BCUT2D eigenvalue weighted by Gasteiger charge is 2.49. The molecule has 0 unspecified atom stereocenters. The van der Waals surface area contributed by atoms with Gasteiger partial charge in [0.25, 0.3) is 0 Å². The van der Waals surface area contributed by atoms with Crippen LogP contribution in [0.2, 0.25) is 0 Å². The van der Waals surface area contributed by atoms with E-state index in [-0.39, 0.29) is 29.4 Å². The Balaban J connectivity index is 1.71. The third-order valence-corrected chi connectivity index (χ3v) is 6.93. The third kappa shape index (κ3) is 4.59. The topological polar surface area (TPSA) is 58.6 Å². The molecule has 3 aromatic carbocycles. The summed E-state index contributed by atoms with van der Waals surface area (Å²) in [5, 5.41) is 3.23. The van der Waals surface area contributed by atoms with E-state index in [1.165, 1.54) is 13.2 Å². The highest BCUT2D eigenvalue weighted by Crippen LogP contribution is 2.48. The number of rotatable bonds is 3. The monoisotopic (exact) mass is 506 g/mol. The van der Waals surface area contributed by atoms with Crippen LogP contribution < -0.4 is 15.0 Å². The summed E-state index contributed by atoms with van der Waals surface area (Å²) < 4.78 is 47.1. The molecule has 37 heavy (non-hydrogen) atoms. The van der Waals surface area contributed by atoms with E-state index in [0.29, 0.717) is 34.0 Å². The predicted octanol–water partition coefficient (Wildman–Crippen LogP) is 6.47. The van der Waals surface area contributed by atoms with Crippen molar-refractivity contribution in [3.05, 3.63) is 101 Å². The molecule has 0 aromatic heterocycles. The average molecular weight is 507 g/mol. The number of halogens is 3. The Bertz CT molecular complexity index is 1380. The van der Waals surface area contributed by atoms with E-state index in [0.717, 1.165) is 11.1 Å². The second-order valence-electron chi connectivity index (χ2n) is 9.32. The molecule has 1 aliphatic carbocycles. The number of amides is 1. The zero-order chi connectivity index (χ0) is 26.3. The summed E-state index contributed by atoms with van der Waals surface area (Å²) in [4.78, 5) is 27.4. The first-order valence-electron chi connectivity index (χ1n) is 11.9. The number of carbonyl (C=O) groups excluding carboxylic acids is 2. The Labute approximate surface area is 212 Å². The van der Waals surface area contributed by atoms with Crippen molar-refractivity contribution in [2.75, 3.05) is 17.3 Å². The van der Waals surface area contributed by atoms with E-state index in [2.05, 4.69) is 5.32 Å². The largest absolute Gasteiger partial charge is 0.497 e. The smallest absolute Gasteiger partial charge is 0.471 e. The summed E-state index contributed by atoms with van der Waals surface area (Å²) >= 11 is 0. The van der Waals surface area contributed by atoms with Crippen LogP contribution in [0.1, 0.15) is 41.5 Å². The van der Waals surface area contributed by atoms with Gasteiger partial charge in [0.15, 0.2) is 5.78 Å². The molecule has 1 aliphatic heterocycles. The minimum Gasteiger partial charge on any atom is -0.497 e. The fraction of sp³-hybridized carbons (Fsp3) is 0.241. The number of carbonyl (C=O) groups is 2. The van der Waals surface area contributed by atoms with Crippen LogP contribution in [0.25, 0.3) is 0 Å². The Hall–Kier alpha value is -4.07. The van der Waals surface area contributed by atoms with Crippen LogP contribution >= 0.6 is 0 Å². The van der Waals surface area contributed by atoms with Crippen LogP contribution in [0.15, 0.2) is 84.1 Å². The number of hydrogen-bond acceptors (Lipinski definition) is 4. The van der Waals surface area contributed by atoms with Gasteiger partial charge < -0.3 is 10.1 Å². The SMILES string of the molecule is COc1ccc([C@@H]2C3=C(C[C@H](c4ccc(C)cc4)CC3=O)Nc3ccccc3N2C(=O)C(F)(F)F)cc1. The summed E-state index contributed by atoms with van der Waals surface area (Å²) in [6.07, 6.45) is -4.61. The van der Waals surface area contributed by atoms with Gasteiger partial charge in [0, 0.05) is 17.7 Å². The lowest BCUT2D eigenvalue weighted by molar-refractivity contribution is -0.170. The highest BCUT2D eigenvalue weighted by molar-refractivity contribution is 6.07. The van der Waals surface area contributed by atoms with Gasteiger partial charge in [0.2, 0.25) is 0 Å². The maximum Gasteiger partial charge on any atom is 0.471 e. The van der Waals surface area contributed by atoms with Crippen molar-refractivity contribution in [2.24, 2.45) is 0 Å². The molecule has 0 spiro atoms. The molecule has 0 saturated heterocycles. The van der Waals surface area contributed by atoms with E-state index < -0.39 is 18.1 Å². The molecule has 2 atom stereocenters. The minimum absolute atomic E-state index is 0.0553. The highest BCUT2D eigenvalue weighted by atomic mass is 19.4. The van der Waals surface area contributed by atoms with Gasteiger partial charge in [0.1, 0.15) is 5.75 Å². The summed E-state index contributed by atoms with van der Waals surface area (Å²) in [6.45, 7) is 1.98. The maximum atomic E-state index is 14.0. The first-order chi connectivity index (χ1) is 17.7. The second-order valence-corrected chi connectivity index (χ2v) is 9.32. The molecule has 1 amide bonds. The zero-order valence-corrected chi connectivity index (χ0v) is 20.3. The molecular formula is C29H25F3N2O3. The normalized spacial score (nSPS) is 19.5. The number of fused-ring (bicyclic) bond motifs is 1. The number of ether oxygens (including phenoxy) is 1. The molecule has 0 saturated carbocycles. The number of nitrogens with zero attached hydrogens (tertiary/aromatic N) is 1. The van der Waals surface area contributed by atoms with Crippen molar-refractivity contribution < 1.29 is 27.5 Å². The van der Waals surface area contributed by atoms with Crippen molar-refractivity contribution in [3.8, 4) is 5.75 Å². The van der Waals surface area contributed by atoms with Crippen molar-refractivity contribution >= 4 is 23.1 Å². The molecular weight excluding hydrogens is 481 g/mol. The molecule has 8 heteroatoms. The van der Waals surface area contributed by atoms with Crippen molar-refractivity contribution in [2.45, 2.75) is 37.9 Å². The number of benzene rings is 3. The lowest BCUT2D eigenvalue weighted by Gasteiger charge is -2.35. The molecule has 5 nitrogen and oxygen atoms in total. The summed E-state index contributed by atoms with van der Waals surface area (Å²) in [6, 6.07) is 19.4.